The maximum absolute atomic E-state index is 12.9. The molecule has 3 heterocycles. The first-order chi connectivity index (χ1) is 14.1. The van der Waals surface area contributed by atoms with Crippen molar-refractivity contribution in [3.63, 3.8) is 0 Å². The quantitative estimate of drug-likeness (QED) is 0.728. The molecule has 0 unspecified atom stereocenters. The lowest BCUT2D eigenvalue weighted by Gasteiger charge is -2.36. The Morgan fingerprint density at radius 2 is 1.72 bits per heavy atom. The third-order valence-electron chi connectivity index (χ3n) is 6.36. The molecule has 3 aliphatic rings. The highest BCUT2D eigenvalue weighted by atomic mass is 16.5. The number of carbonyl (C=O) groups is 2. The highest BCUT2D eigenvalue weighted by Crippen LogP contribution is 2.27. The summed E-state index contributed by atoms with van der Waals surface area (Å²) in [4.78, 5) is 32.8. The molecule has 0 atom stereocenters. The van der Waals surface area contributed by atoms with Gasteiger partial charge in [-0.1, -0.05) is 17.7 Å². The topological polar surface area (TPSA) is 57.5 Å². The molecule has 2 amide bonds. The fourth-order valence-electron chi connectivity index (χ4n) is 4.62. The summed E-state index contributed by atoms with van der Waals surface area (Å²) in [7, 11) is 0. The molecule has 3 aliphatic heterocycles. The van der Waals surface area contributed by atoms with Gasteiger partial charge in [0, 0.05) is 25.3 Å². The Balaban J connectivity index is 1.26. The zero-order valence-corrected chi connectivity index (χ0v) is 17.5. The van der Waals surface area contributed by atoms with Crippen LogP contribution >= 0.6 is 0 Å². The van der Waals surface area contributed by atoms with Crippen LogP contribution in [0.4, 0.5) is 5.69 Å². The van der Waals surface area contributed by atoms with E-state index in [4.69, 9.17) is 4.74 Å². The van der Waals surface area contributed by atoms with Crippen LogP contribution < -0.4 is 9.80 Å². The first-order valence-electron chi connectivity index (χ1n) is 10.9. The Morgan fingerprint density at radius 3 is 2.48 bits per heavy atom. The van der Waals surface area contributed by atoms with Crippen LogP contribution in [0.5, 0.6) is 0 Å². The molecule has 0 bridgehead atoms. The Hall–Kier alpha value is -2.12. The van der Waals surface area contributed by atoms with Crippen molar-refractivity contribution in [1.82, 2.24) is 9.80 Å². The van der Waals surface area contributed by atoms with Crippen molar-refractivity contribution >= 4 is 17.5 Å². The SMILES string of the molecule is Cc1ccc2c(c1)CCCN2CC(=O)N1CC[NH+](CC(=O)N2CCOCC2)CC1. The second kappa shape index (κ2) is 9.13. The number of quaternary nitrogens is 1. The van der Waals surface area contributed by atoms with Crippen LogP contribution in [0.2, 0.25) is 0 Å². The standard InChI is InChI=1S/C22H32N4O3/c1-18-4-5-20-19(15-18)3-2-6-26(20)17-22(28)24-9-7-23(8-10-24)16-21(27)25-11-13-29-14-12-25/h4-5,15H,2-3,6-14,16-17H2,1H3/p+1. The lowest BCUT2D eigenvalue weighted by molar-refractivity contribution is -0.896. The molecule has 1 aromatic carbocycles. The number of nitrogens with zero attached hydrogens (tertiary/aromatic N) is 3. The number of fused-ring (bicyclic) bond motifs is 1. The molecular formula is C22H33N4O3+. The molecular weight excluding hydrogens is 368 g/mol. The normalized spacial score (nSPS) is 20.5. The summed E-state index contributed by atoms with van der Waals surface area (Å²) in [5.41, 5.74) is 3.86. The average Bonchev–Trinajstić information content (AvgIpc) is 2.75. The third-order valence-corrected chi connectivity index (χ3v) is 6.36. The van der Waals surface area contributed by atoms with E-state index in [2.05, 4.69) is 30.0 Å². The van der Waals surface area contributed by atoms with Crippen LogP contribution in [-0.4, -0.2) is 93.7 Å². The van der Waals surface area contributed by atoms with Gasteiger partial charge in [0.1, 0.15) is 0 Å². The summed E-state index contributed by atoms with van der Waals surface area (Å²) < 4.78 is 5.32. The number of morpholine rings is 1. The first-order valence-corrected chi connectivity index (χ1v) is 10.9. The van der Waals surface area contributed by atoms with Gasteiger partial charge in [-0.2, -0.15) is 0 Å². The monoisotopic (exact) mass is 401 g/mol. The molecule has 158 valence electrons. The minimum absolute atomic E-state index is 0.206. The van der Waals surface area contributed by atoms with E-state index in [0.717, 1.165) is 45.6 Å². The van der Waals surface area contributed by atoms with E-state index in [9.17, 15) is 9.59 Å². The molecule has 2 fully saturated rings. The van der Waals surface area contributed by atoms with Gasteiger partial charge in [0.25, 0.3) is 5.91 Å². The number of ether oxygens (including phenoxy) is 1. The number of benzene rings is 1. The maximum Gasteiger partial charge on any atom is 0.277 e. The van der Waals surface area contributed by atoms with Gasteiger partial charge < -0.3 is 24.3 Å². The van der Waals surface area contributed by atoms with Crippen molar-refractivity contribution in [2.45, 2.75) is 19.8 Å². The maximum atomic E-state index is 12.9. The van der Waals surface area contributed by atoms with E-state index >= 15 is 0 Å². The van der Waals surface area contributed by atoms with Crippen LogP contribution in [0.25, 0.3) is 0 Å². The molecule has 0 spiro atoms. The van der Waals surface area contributed by atoms with E-state index in [1.54, 1.807) is 0 Å². The lowest BCUT2D eigenvalue weighted by atomic mass is 9.99. The van der Waals surface area contributed by atoms with Gasteiger partial charge >= 0.3 is 0 Å². The number of carbonyl (C=O) groups excluding carboxylic acids is 2. The zero-order valence-electron chi connectivity index (χ0n) is 17.5. The van der Waals surface area contributed by atoms with Crippen LogP contribution in [0, 0.1) is 6.92 Å². The summed E-state index contributed by atoms with van der Waals surface area (Å²) >= 11 is 0. The van der Waals surface area contributed by atoms with E-state index in [-0.39, 0.29) is 11.8 Å². The minimum atomic E-state index is 0.206. The molecule has 1 aromatic rings. The Bertz CT molecular complexity index is 740. The fraction of sp³-hybridized carbons (Fsp3) is 0.636. The number of rotatable bonds is 4. The second-order valence-electron chi connectivity index (χ2n) is 8.46. The van der Waals surface area contributed by atoms with Gasteiger partial charge in [-0.15, -0.1) is 0 Å². The molecule has 0 radical (unpaired) electrons. The predicted molar refractivity (Wildman–Crippen MR) is 111 cm³/mol. The van der Waals surface area contributed by atoms with Gasteiger partial charge in [0.15, 0.2) is 6.54 Å². The van der Waals surface area contributed by atoms with E-state index in [1.807, 2.05) is 9.80 Å². The molecule has 1 N–H and O–H groups in total. The van der Waals surface area contributed by atoms with Crippen LogP contribution in [0.15, 0.2) is 18.2 Å². The van der Waals surface area contributed by atoms with Gasteiger partial charge in [-0.3, -0.25) is 9.59 Å². The van der Waals surface area contributed by atoms with Crippen LogP contribution in [0.3, 0.4) is 0 Å². The second-order valence-corrected chi connectivity index (χ2v) is 8.46. The van der Waals surface area contributed by atoms with Crippen molar-refractivity contribution in [2.75, 3.05) is 77.0 Å². The van der Waals surface area contributed by atoms with Crippen LogP contribution in [0.1, 0.15) is 17.5 Å². The van der Waals surface area contributed by atoms with Crippen molar-refractivity contribution in [3.8, 4) is 0 Å². The van der Waals surface area contributed by atoms with Crippen molar-refractivity contribution < 1.29 is 19.2 Å². The summed E-state index contributed by atoms with van der Waals surface area (Å²) in [5, 5.41) is 0. The summed E-state index contributed by atoms with van der Waals surface area (Å²) in [6, 6.07) is 6.55. The van der Waals surface area contributed by atoms with Gasteiger partial charge in [0.2, 0.25) is 5.91 Å². The number of amides is 2. The van der Waals surface area contributed by atoms with Crippen molar-refractivity contribution in [1.29, 1.82) is 0 Å². The van der Waals surface area contributed by atoms with Crippen molar-refractivity contribution in [3.05, 3.63) is 29.3 Å². The average molecular weight is 402 g/mol. The van der Waals surface area contributed by atoms with Crippen LogP contribution in [-0.2, 0) is 20.7 Å². The summed E-state index contributed by atoms with van der Waals surface area (Å²) in [6.07, 6.45) is 2.20. The third kappa shape index (κ3) is 4.90. The molecule has 2 saturated heterocycles. The predicted octanol–water partition coefficient (Wildman–Crippen LogP) is -0.666. The highest BCUT2D eigenvalue weighted by molar-refractivity contribution is 5.82. The number of aryl methyl sites for hydroxylation is 2. The minimum Gasteiger partial charge on any atom is -0.378 e. The van der Waals surface area contributed by atoms with E-state index in [1.165, 1.54) is 21.7 Å². The molecule has 7 heteroatoms. The summed E-state index contributed by atoms with van der Waals surface area (Å²) in [6.45, 7) is 9.90. The Morgan fingerprint density at radius 1 is 1.00 bits per heavy atom. The van der Waals surface area contributed by atoms with Gasteiger partial charge in [0.05, 0.1) is 45.9 Å². The first kappa shape index (κ1) is 20.2. The summed E-state index contributed by atoms with van der Waals surface area (Å²) in [5.74, 6) is 0.417. The van der Waals surface area contributed by atoms with Crippen molar-refractivity contribution in [2.24, 2.45) is 0 Å². The van der Waals surface area contributed by atoms with Gasteiger partial charge in [-0.05, 0) is 31.4 Å². The molecule has 29 heavy (non-hydrogen) atoms. The van der Waals surface area contributed by atoms with E-state index < -0.39 is 0 Å². The zero-order chi connectivity index (χ0) is 20.2. The number of hydrogen-bond donors (Lipinski definition) is 1. The number of nitrogens with one attached hydrogen (secondary N) is 1. The van der Waals surface area contributed by atoms with E-state index in [0.29, 0.717) is 39.4 Å². The number of piperazine rings is 1. The molecule has 0 saturated carbocycles. The lowest BCUT2D eigenvalue weighted by Crippen LogP contribution is -3.15. The number of hydrogen-bond acceptors (Lipinski definition) is 4. The fourth-order valence-corrected chi connectivity index (χ4v) is 4.62. The molecule has 0 aliphatic carbocycles. The largest absolute Gasteiger partial charge is 0.378 e. The highest BCUT2D eigenvalue weighted by Gasteiger charge is 2.29. The molecule has 7 nitrogen and oxygen atoms in total. The Kier molecular flexibility index (Phi) is 6.35. The molecule has 4 rings (SSSR count). The van der Waals surface area contributed by atoms with Gasteiger partial charge in [-0.25, -0.2) is 0 Å². The smallest absolute Gasteiger partial charge is 0.277 e. The number of anilines is 1. The Labute approximate surface area is 173 Å². The molecule has 0 aromatic heterocycles.